The summed E-state index contributed by atoms with van der Waals surface area (Å²) in [6.45, 7) is 0.624. The topological polar surface area (TPSA) is 55.4 Å². The summed E-state index contributed by atoms with van der Waals surface area (Å²) in [5, 5.41) is 9.97. The zero-order valence-corrected chi connectivity index (χ0v) is 12.8. The van der Waals surface area contributed by atoms with E-state index in [-0.39, 0.29) is 6.42 Å². The molecule has 2 aromatic heterocycles. The first-order valence-corrected chi connectivity index (χ1v) is 7.45. The Labute approximate surface area is 130 Å². The van der Waals surface area contributed by atoms with Crippen LogP contribution in [0.15, 0.2) is 51.7 Å². The number of carboxylic acid groups (broad SMARTS) is 1. The number of para-hydroxylation sites is 1. The van der Waals surface area contributed by atoms with E-state index in [1.807, 2.05) is 42.6 Å². The molecule has 0 saturated carbocycles. The van der Waals surface area contributed by atoms with E-state index in [1.54, 1.807) is 0 Å². The van der Waals surface area contributed by atoms with Crippen LogP contribution in [-0.2, 0) is 17.8 Å². The lowest BCUT2D eigenvalue weighted by molar-refractivity contribution is -0.136. The highest BCUT2D eigenvalue weighted by molar-refractivity contribution is 9.10. The van der Waals surface area contributed by atoms with Gasteiger partial charge in [-0.25, -0.2) is 0 Å². The molecule has 0 aliphatic carbocycles. The van der Waals surface area contributed by atoms with Gasteiger partial charge in [-0.2, -0.15) is 0 Å². The van der Waals surface area contributed by atoms with Crippen LogP contribution in [0.3, 0.4) is 0 Å². The zero-order valence-electron chi connectivity index (χ0n) is 11.3. The Kier molecular flexibility index (Phi) is 3.84. The number of aliphatic carboxylic acids is 1. The number of carboxylic acids is 1. The van der Waals surface area contributed by atoms with E-state index in [9.17, 15) is 4.79 Å². The van der Waals surface area contributed by atoms with Crippen LogP contribution in [0.5, 0.6) is 0 Å². The van der Waals surface area contributed by atoms with Crippen molar-refractivity contribution in [3.05, 3.63) is 58.6 Å². The number of furan rings is 1. The first kappa shape index (κ1) is 13.9. The Morgan fingerprint density at radius 3 is 2.76 bits per heavy atom. The number of hydrogen-bond donors (Lipinski definition) is 1. The largest absolute Gasteiger partial charge is 0.481 e. The van der Waals surface area contributed by atoms with Gasteiger partial charge in [0, 0.05) is 23.5 Å². The van der Waals surface area contributed by atoms with Crippen molar-refractivity contribution < 1.29 is 14.3 Å². The molecule has 0 unspecified atom stereocenters. The van der Waals surface area contributed by atoms with Gasteiger partial charge in [-0.1, -0.05) is 18.2 Å². The summed E-state index contributed by atoms with van der Waals surface area (Å²) in [6, 6.07) is 11.8. The minimum Gasteiger partial charge on any atom is -0.481 e. The maximum Gasteiger partial charge on any atom is 0.303 e. The van der Waals surface area contributed by atoms with E-state index >= 15 is 0 Å². The van der Waals surface area contributed by atoms with Crippen LogP contribution < -0.4 is 0 Å². The first-order valence-electron chi connectivity index (χ1n) is 6.66. The molecule has 1 N–H and O–H groups in total. The van der Waals surface area contributed by atoms with Crippen molar-refractivity contribution in [2.24, 2.45) is 0 Å². The predicted octanol–water partition coefficient (Wildman–Crippen LogP) is 4.06. The number of aromatic nitrogens is 1. The molecule has 0 aliphatic rings. The number of halogens is 1. The Morgan fingerprint density at radius 1 is 1.24 bits per heavy atom. The molecule has 3 rings (SSSR count). The summed E-state index contributed by atoms with van der Waals surface area (Å²) in [4.78, 5) is 10.8. The molecule has 108 valence electrons. The van der Waals surface area contributed by atoms with Crippen molar-refractivity contribution in [2.45, 2.75) is 19.4 Å². The van der Waals surface area contributed by atoms with Gasteiger partial charge < -0.3 is 14.1 Å². The number of nitrogens with zero attached hydrogens (tertiary/aromatic N) is 1. The maximum atomic E-state index is 10.8. The van der Waals surface area contributed by atoms with Gasteiger partial charge in [0.1, 0.15) is 5.76 Å². The lowest BCUT2D eigenvalue weighted by Gasteiger charge is -2.02. The van der Waals surface area contributed by atoms with Crippen molar-refractivity contribution in [1.82, 2.24) is 4.57 Å². The quantitative estimate of drug-likeness (QED) is 0.756. The second kappa shape index (κ2) is 5.77. The summed E-state index contributed by atoms with van der Waals surface area (Å²) < 4.78 is 8.35. The van der Waals surface area contributed by atoms with Crippen molar-refractivity contribution >= 4 is 32.8 Å². The molecule has 0 spiro atoms. The number of rotatable bonds is 5. The van der Waals surface area contributed by atoms with Gasteiger partial charge in [0.2, 0.25) is 0 Å². The molecule has 0 radical (unpaired) electrons. The minimum absolute atomic E-state index is 0.139. The third-order valence-electron chi connectivity index (χ3n) is 3.43. The standard InChI is InChI=1S/C16H14BrNO3/c17-15-7-6-12(21-15)10-18-9-11(5-8-16(19)20)13-3-1-2-4-14(13)18/h1-4,6-7,9H,5,8,10H2,(H,19,20). The second-order valence-electron chi connectivity index (χ2n) is 4.90. The molecule has 4 nitrogen and oxygen atoms in total. The Bertz CT molecular complexity index is 788. The fraction of sp³-hybridized carbons (Fsp3) is 0.188. The lowest BCUT2D eigenvalue weighted by Crippen LogP contribution is -1.98. The van der Waals surface area contributed by atoms with Crippen LogP contribution in [-0.4, -0.2) is 15.6 Å². The van der Waals surface area contributed by atoms with E-state index in [2.05, 4.69) is 20.5 Å². The molecule has 0 fully saturated rings. The summed E-state index contributed by atoms with van der Waals surface area (Å²) >= 11 is 3.30. The van der Waals surface area contributed by atoms with Crippen molar-refractivity contribution in [2.75, 3.05) is 0 Å². The predicted molar refractivity (Wildman–Crippen MR) is 83.4 cm³/mol. The number of carbonyl (C=O) groups is 1. The summed E-state index contributed by atoms with van der Waals surface area (Å²) in [5.74, 6) is 0.0780. The van der Waals surface area contributed by atoms with Crippen molar-refractivity contribution in [3.8, 4) is 0 Å². The number of aryl methyl sites for hydroxylation is 1. The van der Waals surface area contributed by atoms with E-state index in [0.29, 0.717) is 17.6 Å². The van der Waals surface area contributed by atoms with Crippen LogP contribution in [0.2, 0.25) is 0 Å². The smallest absolute Gasteiger partial charge is 0.303 e. The Morgan fingerprint density at radius 2 is 2.05 bits per heavy atom. The average Bonchev–Trinajstić information content (AvgIpc) is 3.02. The molecule has 1 aromatic carbocycles. The second-order valence-corrected chi connectivity index (χ2v) is 5.68. The highest BCUT2D eigenvalue weighted by atomic mass is 79.9. The molecule has 0 aliphatic heterocycles. The Balaban J connectivity index is 1.96. The molecule has 0 amide bonds. The number of benzene rings is 1. The van der Waals surface area contributed by atoms with Crippen LogP contribution in [0.4, 0.5) is 0 Å². The van der Waals surface area contributed by atoms with Gasteiger partial charge >= 0.3 is 5.97 Å². The number of fused-ring (bicyclic) bond motifs is 1. The third kappa shape index (κ3) is 3.03. The lowest BCUT2D eigenvalue weighted by atomic mass is 10.1. The molecule has 2 heterocycles. The van der Waals surface area contributed by atoms with Gasteiger partial charge in [-0.15, -0.1) is 0 Å². The highest BCUT2D eigenvalue weighted by Gasteiger charge is 2.11. The monoisotopic (exact) mass is 347 g/mol. The molecular weight excluding hydrogens is 334 g/mol. The van der Waals surface area contributed by atoms with E-state index in [4.69, 9.17) is 9.52 Å². The summed E-state index contributed by atoms with van der Waals surface area (Å²) in [6.07, 6.45) is 2.69. The van der Waals surface area contributed by atoms with E-state index < -0.39 is 5.97 Å². The SMILES string of the molecule is O=C(O)CCc1cn(Cc2ccc(Br)o2)c2ccccc12. The van der Waals surface area contributed by atoms with Crippen molar-refractivity contribution in [1.29, 1.82) is 0 Å². The van der Waals surface area contributed by atoms with E-state index in [0.717, 1.165) is 22.2 Å². The maximum absolute atomic E-state index is 10.8. The molecule has 0 saturated heterocycles. The van der Waals surface area contributed by atoms with Crippen molar-refractivity contribution in [3.63, 3.8) is 0 Å². The molecule has 0 bridgehead atoms. The average molecular weight is 348 g/mol. The van der Waals surface area contributed by atoms with E-state index in [1.165, 1.54) is 0 Å². The van der Waals surface area contributed by atoms with Gasteiger partial charge in [-0.3, -0.25) is 4.79 Å². The van der Waals surface area contributed by atoms with Gasteiger partial charge in [-0.05, 0) is 46.1 Å². The van der Waals surface area contributed by atoms with Crippen LogP contribution in [0.25, 0.3) is 10.9 Å². The molecule has 3 aromatic rings. The normalized spacial score (nSPS) is 11.1. The third-order valence-corrected chi connectivity index (χ3v) is 3.86. The van der Waals surface area contributed by atoms with Crippen LogP contribution in [0, 0.1) is 0 Å². The summed E-state index contributed by atoms with van der Waals surface area (Å²) in [7, 11) is 0. The van der Waals surface area contributed by atoms with Crippen LogP contribution >= 0.6 is 15.9 Å². The molecule has 5 heteroatoms. The summed E-state index contributed by atoms with van der Waals surface area (Å²) in [5.41, 5.74) is 2.14. The Hall–Kier alpha value is -2.01. The van der Waals surface area contributed by atoms with Gasteiger partial charge in [0.15, 0.2) is 4.67 Å². The minimum atomic E-state index is -0.776. The zero-order chi connectivity index (χ0) is 14.8. The van der Waals surface area contributed by atoms with Gasteiger partial charge in [0.25, 0.3) is 0 Å². The fourth-order valence-electron chi connectivity index (χ4n) is 2.50. The first-order chi connectivity index (χ1) is 10.1. The molecule has 0 atom stereocenters. The number of hydrogen-bond acceptors (Lipinski definition) is 2. The fourth-order valence-corrected chi connectivity index (χ4v) is 2.84. The highest BCUT2D eigenvalue weighted by Crippen LogP contribution is 2.24. The van der Waals surface area contributed by atoms with Gasteiger partial charge in [0.05, 0.1) is 6.54 Å². The van der Waals surface area contributed by atoms with Crippen LogP contribution in [0.1, 0.15) is 17.7 Å². The molecular formula is C16H14BrNO3. The molecule has 21 heavy (non-hydrogen) atoms.